The van der Waals surface area contributed by atoms with Gasteiger partial charge in [-0.15, -0.1) is 0 Å². The maximum Gasteiger partial charge on any atom is 0.147 e. The molecular formula is C16H22O2. The molecule has 0 spiro atoms. The zero-order chi connectivity index (χ0) is 11.9. The van der Waals surface area contributed by atoms with E-state index in [-0.39, 0.29) is 0 Å². The first kappa shape index (κ1) is 11.2. The minimum absolute atomic E-state index is 0.430. The van der Waals surface area contributed by atoms with Crippen molar-refractivity contribution in [3.05, 3.63) is 24.3 Å². The third-order valence-corrected chi connectivity index (χ3v) is 5.33. The molecule has 0 radical (unpaired) electrons. The van der Waals surface area contributed by atoms with Crippen molar-refractivity contribution >= 4 is 0 Å². The molecule has 4 aliphatic rings. The van der Waals surface area contributed by atoms with E-state index in [0.717, 1.165) is 30.3 Å². The van der Waals surface area contributed by atoms with E-state index in [0.29, 0.717) is 18.8 Å². The molecule has 6 unspecified atom stereocenters. The van der Waals surface area contributed by atoms with Gasteiger partial charge >= 0.3 is 0 Å². The highest BCUT2D eigenvalue weighted by atomic mass is 16.7. The Hall–Kier alpha value is -0.600. The molecular weight excluding hydrogens is 224 g/mol. The van der Waals surface area contributed by atoms with Crippen molar-refractivity contribution in [1.82, 2.24) is 0 Å². The van der Waals surface area contributed by atoms with Crippen molar-refractivity contribution in [2.75, 3.05) is 13.4 Å². The largest absolute Gasteiger partial charge is 0.355 e. The standard InChI is InChI=1S/C16H22O2/c1-3-13-5-11(1)7-15(13)9-17-10-18-16-8-12-2-4-14(16)6-12/h1-4,11-16H,5-10H2. The molecule has 18 heavy (non-hydrogen) atoms. The third kappa shape index (κ3) is 1.96. The molecule has 0 amide bonds. The maximum atomic E-state index is 5.89. The lowest BCUT2D eigenvalue weighted by Gasteiger charge is -2.21. The van der Waals surface area contributed by atoms with Crippen LogP contribution in [0.3, 0.4) is 0 Å². The van der Waals surface area contributed by atoms with E-state index in [2.05, 4.69) is 24.3 Å². The van der Waals surface area contributed by atoms with E-state index in [1.54, 1.807) is 0 Å². The molecule has 0 saturated heterocycles. The van der Waals surface area contributed by atoms with E-state index in [4.69, 9.17) is 9.47 Å². The molecule has 4 rings (SSSR count). The Bertz CT molecular complexity index is 337. The van der Waals surface area contributed by atoms with Crippen LogP contribution in [0.25, 0.3) is 0 Å². The van der Waals surface area contributed by atoms with E-state index in [1.807, 2.05) is 0 Å². The van der Waals surface area contributed by atoms with Gasteiger partial charge in [-0.25, -0.2) is 0 Å². The Morgan fingerprint density at radius 1 is 0.833 bits per heavy atom. The normalized spacial score (nSPS) is 47.6. The summed E-state index contributed by atoms with van der Waals surface area (Å²) in [4.78, 5) is 0. The number of ether oxygens (including phenoxy) is 2. The van der Waals surface area contributed by atoms with E-state index >= 15 is 0 Å². The first-order chi connectivity index (χ1) is 8.88. The van der Waals surface area contributed by atoms with Crippen LogP contribution in [-0.2, 0) is 9.47 Å². The lowest BCUT2D eigenvalue weighted by atomic mass is 9.95. The molecule has 4 aliphatic carbocycles. The summed E-state index contributed by atoms with van der Waals surface area (Å²) in [5.74, 6) is 3.85. The molecule has 4 bridgehead atoms. The van der Waals surface area contributed by atoms with Crippen molar-refractivity contribution in [1.29, 1.82) is 0 Å². The first-order valence-corrected chi connectivity index (χ1v) is 7.44. The zero-order valence-electron chi connectivity index (χ0n) is 10.8. The van der Waals surface area contributed by atoms with Gasteiger partial charge < -0.3 is 9.47 Å². The number of hydrogen-bond donors (Lipinski definition) is 0. The van der Waals surface area contributed by atoms with Gasteiger partial charge in [-0.05, 0) is 49.4 Å². The monoisotopic (exact) mass is 246 g/mol. The molecule has 2 fully saturated rings. The Morgan fingerprint density at radius 2 is 1.61 bits per heavy atom. The molecule has 2 saturated carbocycles. The molecule has 98 valence electrons. The predicted octanol–water partition coefficient (Wildman–Crippen LogP) is 3.15. The number of allylic oxidation sites excluding steroid dienone is 3. The predicted molar refractivity (Wildman–Crippen MR) is 69.9 cm³/mol. The van der Waals surface area contributed by atoms with Gasteiger partial charge in [0.2, 0.25) is 0 Å². The van der Waals surface area contributed by atoms with Crippen LogP contribution < -0.4 is 0 Å². The molecule has 0 aliphatic heterocycles. The molecule has 0 aromatic heterocycles. The van der Waals surface area contributed by atoms with Gasteiger partial charge in [0.15, 0.2) is 0 Å². The fourth-order valence-electron chi connectivity index (χ4n) is 4.34. The SMILES string of the molecule is C1=CC2CC1CC2COCOC1CC2C=CC1C2. The van der Waals surface area contributed by atoms with Crippen molar-refractivity contribution in [3.8, 4) is 0 Å². The second-order valence-corrected chi connectivity index (χ2v) is 6.51. The van der Waals surface area contributed by atoms with Crippen LogP contribution in [0.4, 0.5) is 0 Å². The minimum Gasteiger partial charge on any atom is -0.355 e. The Balaban J connectivity index is 1.17. The molecule has 2 heteroatoms. The summed E-state index contributed by atoms with van der Waals surface area (Å²) >= 11 is 0. The highest BCUT2D eigenvalue weighted by Crippen LogP contribution is 2.43. The van der Waals surface area contributed by atoms with E-state index in [9.17, 15) is 0 Å². The van der Waals surface area contributed by atoms with Crippen LogP contribution in [0, 0.1) is 29.6 Å². The van der Waals surface area contributed by atoms with Gasteiger partial charge in [0, 0.05) is 5.92 Å². The van der Waals surface area contributed by atoms with Crippen LogP contribution in [0.1, 0.15) is 25.7 Å². The van der Waals surface area contributed by atoms with Crippen LogP contribution in [0.2, 0.25) is 0 Å². The van der Waals surface area contributed by atoms with Crippen molar-refractivity contribution in [2.45, 2.75) is 31.8 Å². The molecule has 0 N–H and O–H groups in total. The third-order valence-electron chi connectivity index (χ3n) is 5.33. The second-order valence-electron chi connectivity index (χ2n) is 6.51. The average molecular weight is 246 g/mol. The quantitative estimate of drug-likeness (QED) is 0.421. The summed E-state index contributed by atoms with van der Waals surface area (Å²) in [6.45, 7) is 1.39. The topological polar surface area (TPSA) is 18.5 Å². The fraction of sp³-hybridized carbons (Fsp3) is 0.750. The van der Waals surface area contributed by atoms with Crippen molar-refractivity contribution in [3.63, 3.8) is 0 Å². The van der Waals surface area contributed by atoms with Gasteiger partial charge in [0.1, 0.15) is 6.79 Å². The Kier molecular flexibility index (Phi) is 2.81. The number of rotatable bonds is 5. The fourth-order valence-corrected chi connectivity index (χ4v) is 4.34. The Morgan fingerprint density at radius 3 is 2.22 bits per heavy atom. The molecule has 6 atom stereocenters. The van der Waals surface area contributed by atoms with Gasteiger partial charge in [0.05, 0.1) is 12.7 Å². The van der Waals surface area contributed by atoms with Gasteiger partial charge in [-0.1, -0.05) is 24.3 Å². The lowest BCUT2D eigenvalue weighted by molar-refractivity contribution is -0.105. The molecule has 0 aromatic rings. The smallest absolute Gasteiger partial charge is 0.147 e. The zero-order valence-corrected chi connectivity index (χ0v) is 10.8. The summed E-state index contributed by atoms with van der Waals surface area (Å²) in [6.07, 6.45) is 15.1. The van der Waals surface area contributed by atoms with Gasteiger partial charge in [-0.3, -0.25) is 0 Å². The number of hydrogen-bond acceptors (Lipinski definition) is 2. The molecule has 0 aromatic carbocycles. The first-order valence-electron chi connectivity index (χ1n) is 7.44. The highest BCUT2D eigenvalue weighted by Gasteiger charge is 2.37. The van der Waals surface area contributed by atoms with Gasteiger partial charge in [0.25, 0.3) is 0 Å². The molecule has 0 heterocycles. The summed E-state index contributed by atoms with van der Waals surface area (Å²) in [5, 5.41) is 0. The van der Waals surface area contributed by atoms with Crippen LogP contribution in [-0.4, -0.2) is 19.5 Å². The van der Waals surface area contributed by atoms with Crippen molar-refractivity contribution in [2.24, 2.45) is 29.6 Å². The average Bonchev–Trinajstić information content (AvgIpc) is 3.13. The Labute approximate surface area is 109 Å². The minimum atomic E-state index is 0.430. The van der Waals surface area contributed by atoms with Crippen LogP contribution >= 0.6 is 0 Å². The van der Waals surface area contributed by atoms with E-state index < -0.39 is 0 Å². The van der Waals surface area contributed by atoms with Crippen molar-refractivity contribution < 1.29 is 9.47 Å². The van der Waals surface area contributed by atoms with Crippen LogP contribution in [0.15, 0.2) is 24.3 Å². The second kappa shape index (κ2) is 4.50. The summed E-state index contributed by atoms with van der Waals surface area (Å²) in [6, 6.07) is 0. The van der Waals surface area contributed by atoms with Gasteiger partial charge in [-0.2, -0.15) is 0 Å². The van der Waals surface area contributed by atoms with Crippen LogP contribution in [0.5, 0.6) is 0 Å². The summed E-state index contributed by atoms with van der Waals surface area (Å²) in [7, 11) is 0. The van der Waals surface area contributed by atoms with E-state index in [1.165, 1.54) is 25.7 Å². The number of fused-ring (bicyclic) bond motifs is 4. The lowest BCUT2D eigenvalue weighted by Crippen LogP contribution is -2.22. The molecule has 2 nitrogen and oxygen atoms in total. The maximum absolute atomic E-state index is 5.89. The summed E-state index contributed by atoms with van der Waals surface area (Å²) in [5.41, 5.74) is 0. The highest BCUT2D eigenvalue weighted by molar-refractivity contribution is 5.11. The summed E-state index contributed by atoms with van der Waals surface area (Å²) < 4.78 is 11.6.